The summed E-state index contributed by atoms with van der Waals surface area (Å²) in [7, 11) is 0. The van der Waals surface area contributed by atoms with E-state index >= 15 is 0 Å². The second-order valence-electron chi connectivity index (χ2n) is 5.82. The van der Waals surface area contributed by atoms with Crippen LogP contribution in [0.1, 0.15) is 5.56 Å². The van der Waals surface area contributed by atoms with Gasteiger partial charge in [-0.1, -0.05) is 60.3 Å². The second kappa shape index (κ2) is 5.86. The standard InChI is InChI=1S/C20H15N3OS/c1-2-7-14(8-3-1)20-22-23(13-25-20)16-10-6-12-18-19(16)21-15-9-4-5-11-17(15)24-18/h1-12,21H,13H2. The Morgan fingerprint density at radius 3 is 2.60 bits per heavy atom. The Kier molecular flexibility index (Phi) is 3.38. The number of nitrogens with zero attached hydrogens (tertiary/aromatic N) is 2. The molecule has 2 aliphatic rings. The van der Waals surface area contributed by atoms with Crippen LogP contribution in [0.15, 0.2) is 77.9 Å². The normalized spacial score (nSPS) is 14.9. The highest BCUT2D eigenvalue weighted by atomic mass is 32.2. The molecule has 25 heavy (non-hydrogen) atoms. The molecule has 0 aromatic heterocycles. The van der Waals surface area contributed by atoms with Gasteiger partial charge in [-0.05, 0) is 24.3 Å². The lowest BCUT2D eigenvalue weighted by atomic mass is 10.2. The van der Waals surface area contributed by atoms with Gasteiger partial charge in [-0.25, -0.2) is 0 Å². The van der Waals surface area contributed by atoms with Crippen LogP contribution in [-0.4, -0.2) is 10.9 Å². The maximum absolute atomic E-state index is 6.04. The van der Waals surface area contributed by atoms with E-state index in [2.05, 4.69) is 23.5 Å². The molecule has 2 aliphatic heterocycles. The summed E-state index contributed by atoms with van der Waals surface area (Å²) in [6.45, 7) is 0. The van der Waals surface area contributed by atoms with Crippen LogP contribution in [-0.2, 0) is 0 Å². The summed E-state index contributed by atoms with van der Waals surface area (Å²) < 4.78 is 6.04. The van der Waals surface area contributed by atoms with Crippen molar-refractivity contribution in [3.8, 4) is 11.5 Å². The monoisotopic (exact) mass is 345 g/mol. The first-order valence-electron chi connectivity index (χ1n) is 8.10. The number of anilines is 3. The molecule has 5 heteroatoms. The van der Waals surface area contributed by atoms with Crippen molar-refractivity contribution in [1.29, 1.82) is 0 Å². The summed E-state index contributed by atoms with van der Waals surface area (Å²) in [5.41, 5.74) is 4.10. The van der Waals surface area contributed by atoms with Gasteiger partial charge in [0, 0.05) is 5.56 Å². The molecule has 0 spiro atoms. The molecule has 0 aliphatic carbocycles. The molecule has 0 amide bonds. The Morgan fingerprint density at radius 2 is 1.68 bits per heavy atom. The fourth-order valence-electron chi connectivity index (χ4n) is 2.99. The lowest BCUT2D eigenvalue weighted by Gasteiger charge is -2.26. The van der Waals surface area contributed by atoms with E-state index in [9.17, 15) is 0 Å². The molecule has 5 rings (SSSR count). The van der Waals surface area contributed by atoms with Gasteiger partial charge < -0.3 is 10.1 Å². The minimum absolute atomic E-state index is 0.782. The Balaban J connectivity index is 1.52. The molecule has 122 valence electrons. The molecule has 4 nitrogen and oxygen atoms in total. The highest BCUT2D eigenvalue weighted by molar-refractivity contribution is 8.14. The van der Waals surface area contributed by atoms with Gasteiger partial charge in [-0.3, -0.25) is 5.01 Å². The number of hydrogen-bond acceptors (Lipinski definition) is 5. The SMILES string of the molecule is c1ccc(C2=NN(c3cccc4c3Nc3ccccc3O4)CS2)cc1. The van der Waals surface area contributed by atoms with Gasteiger partial charge in [0.1, 0.15) is 10.7 Å². The van der Waals surface area contributed by atoms with Crippen molar-refractivity contribution in [3.63, 3.8) is 0 Å². The van der Waals surface area contributed by atoms with Crippen molar-refractivity contribution < 1.29 is 4.74 Å². The van der Waals surface area contributed by atoms with Crippen molar-refractivity contribution in [3.05, 3.63) is 78.4 Å². The van der Waals surface area contributed by atoms with E-state index in [1.54, 1.807) is 11.8 Å². The highest BCUT2D eigenvalue weighted by Crippen LogP contribution is 2.47. The minimum Gasteiger partial charge on any atom is -0.453 e. The van der Waals surface area contributed by atoms with Crippen LogP contribution in [0.5, 0.6) is 11.5 Å². The van der Waals surface area contributed by atoms with Crippen molar-refractivity contribution in [2.24, 2.45) is 5.10 Å². The topological polar surface area (TPSA) is 36.9 Å². The van der Waals surface area contributed by atoms with Gasteiger partial charge in [0.2, 0.25) is 0 Å². The van der Waals surface area contributed by atoms with E-state index in [-0.39, 0.29) is 0 Å². The number of thioether (sulfide) groups is 1. The molecule has 3 aromatic rings. The number of benzene rings is 3. The Hall–Kier alpha value is -2.92. The third-order valence-corrected chi connectivity index (χ3v) is 5.17. The smallest absolute Gasteiger partial charge is 0.153 e. The van der Waals surface area contributed by atoms with Crippen molar-refractivity contribution in [1.82, 2.24) is 0 Å². The van der Waals surface area contributed by atoms with Crippen LogP contribution in [0.4, 0.5) is 17.1 Å². The summed E-state index contributed by atoms with van der Waals surface area (Å²) in [6.07, 6.45) is 0. The zero-order chi connectivity index (χ0) is 16.6. The van der Waals surface area contributed by atoms with Crippen LogP contribution >= 0.6 is 11.8 Å². The average Bonchev–Trinajstić information content (AvgIpc) is 3.16. The first-order valence-corrected chi connectivity index (χ1v) is 9.08. The van der Waals surface area contributed by atoms with E-state index in [0.717, 1.165) is 45.0 Å². The van der Waals surface area contributed by atoms with E-state index in [4.69, 9.17) is 9.84 Å². The number of hydrogen-bond donors (Lipinski definition) is 1. The summed E-state index contributed by atoms with van der Waals surface area (Å²) in [6, 6.07) is 24.3. The summed E-state index contributed by atoms with van der Waals surface area (Å²) in [5, 5.41) is 11.4. The Bertz CT molecular complexity index is 972. The molecule has 0 radical (unpaired) electrons. The molecule has 3 aromatic carbocycles. The van der Waals surface area contributed by atoms with Crippen LogP contribution in [0, 0.1) is 0 Å². The molecule has 0 unspecified atom stereocenters. The third-order valence-electron chi connectivity index (χ3n) is 4.20. The summed E-state index contributed by atoms with van der Waals surface area (Å²) in [5.74, 6) is 2.45. The molecule has 0 bridgehead atoms. The van der Waals surface area contributed by atoms with Gasteiger partial charge in [-0.2, -0.15) is 5.10 Å². The lowest BCUT2D eigenvalue weighted by Crippen LogP contribution is -2.14. The molecule has 0 saturated heterocycles. The zero-order valence-electron chi connectivity index (χ0n) is 13.3. The summed E-state index contributed by atoms with van der Waals surface area (Å²) >= 11 is 1.74. The summed E-state index contributed by atoms with van der Waals surface area (Å²) in [4.78, 5) is 0. The molecule has 1 N–H and O–H groups in total. The van der Waals surface area contributed by atoms with Crippen LogP contribution in [0.3, 0.4) is 0 Å². The fraction of sp³-hybridized carbons (Fsp3) is 0.0500. The average molecular weight is 345 g/mol. The Labute approximate surface area is 150 Å². The number of ether oxygens (including phenoxy) is 1. The van der Waals surface area contributed by atoms with Gasteiger partial charge >= 0.3 is 0 Å². The van der Waals surface area contributed by atoms with Gasteiger partial charge in [0.05, 0.1) is 17.3 Å². The minimum atomic E-state index is 0.782. The fourth-order valence-corrected chi connectivity index (χ4v) is 3.89. The van der Waals surface area contributed by atoms with Gasteiger partial charge in [-0.15, -0.1) is 0 Å². The zero-order valence-corrected chi connectivity index (χ0v) is 14.2. The van der Waals surface area contributed by atoms with E-state index in [1.807, 2.05) is 59.6 Å². The molecule has 0 saturated carbocycles. The molecule has 0 fully saturated rings. The number of para-hydroxylation sites is 3. The molecule has 2 heterocycles. The van der Waals surface area contributed by atoms with Crippen molar-refractivity contribution in [2.45, 2.75) is 0 Å². The van der Waals surface area contributed by atoms with Crippen molar-refractivity contribution >= 4 is 33.9 Å². The van der Waals surface area contributed by atoms with Crippen molar-refractivity contribution in [2.75, 3.05) is 16.2 Å². The largest absolute Gasteiger partial charge is 0.453 e. The van der Waals surface area contributed by atoms with Crippen LogP contribution < -0.4 is 15.1 Å². The predicted molar refractivity (Wildman–Crippen MR) is 104 cm³/mol. The molecule has 0 atom stereocenters. The number of nitrogens with one attached hydrogen (secondary N) is 1. The van der Waals surface area contributed by atoms with Crippen LogP contribution in [0.2, 0.25) is 0 Å². The lowest BCUT2D eigenvalue weighted by molar-refractivity contribution is 0.481. The second-order valence-corrected chi connectivity index (χ2v) is 6.75. The number of fused-ring (bicyclic) bond motifs is 2. The van der Waals surface area contributed by atoms with Gasteiger partial charge in [0.15, 0.2) is 11.5 Å². The first kappa shape index (κ1) is 14.4. The maximum atomic E-state index is 6.04. The molecular weight excluding hydrogens is 330 g/mol. The number of rotatable bonds is 2. The maximum Gasteiger partial charge on any atom is 0.153 e. The highest BCUT2D eigenvalue weighted by Gasteiger charge is 2.25. The third kappa shape index (κ3) is 2.53. The van der Waals surface area contributed by atoms with E-state index < -0.39 is 0 Å². The molecular formula is C20H15N3OS. The van der Waals surface area contributed by atoms with Crippen LogP contribution in [0.25, 0.3) is 0 Å². The van der Waals surface area contributed by atoms with E-state index in [1.165, 1.54) is 0 Å². The Morgan fingerprint density at radius 1 is 0.880 bits per heavy atom. The van der Waals surface area contributed by atoms with E-state index in [0.29, 0.717) is 0 Å². The first-order chi connectivity index (χ1) is 12.4. The quantitative estimate of drug-likeness (QED) is 0.527. The number of hydrazone groups is 1. The predicted octanol–water partition coefficient (Wildman–Crippen LogP) is 5.41. The van der Waals surface area contributed by atoms with Gasteiger partial charge in [0.25, 0.3) is 0 Å².